The second-order valence-corrected chi connectivity index (χ2v) is 5.14. The van der Waals surface area contributed by atoms with Gasteiger partial charge in [-0.1, -0.05) is 18.2 Å². The van der Waals surface area contributed by atoms with Crippen molar-refractivity contribution in [3.8, 4) is 17.2 Å². The van der Waals surface area contributed by atoms with Crippen LogP contribution < -0.4 is 24.6 Å². The van der Waals surface area contributed by atoms with Crippen LogP contribution in [0.3, 0.4) is 0 Å². The van der Waals surface area contributed by atoms with E-state index in [-0.39, 0.29) is 29.4 Å². The van der Waals surface area contributed by atoms with Crippen molar-refractivity contribution in [2.24, 2.45) is 0 Å². The van der Waals surface area contributed by atoms with Crippen molar-refractivity contribution in [3.63, 3.8) is 0 Å². The summed E-state index contributed by atoms with van der Waals surface area (Å²) in [5.74, 6) is -0.891. The van der Waals surface area contributed by atoms with E-state index in [1.165, 1.54) is 26.4 Å². The minimum absolute atomic E-state index is 0.0380. The number of hydrogen-bond acceptors (Lipinski definition) is 6. The lowest BCUT2D eigenvalue weighted by Gasteiger charge is -2.16. The molecule has 0 saturated carbocycles. The van der Waals surface area contributed by atoms with Gasteiger partial charge in [-0.2, -0.15) is 0 Å². The average Bonchev–Trinajstić information content (AvgIpc) is 2.60. The number of aryl methyl sites for hydroxylation is 1. The molecule has 0 fully saturated rings. The molecule has 0 radical (unpaired) electrons. The van der Waals surface area contributed by atoms with Crippen LogP contribution in [0, 0.1) is 6.92 Å². The summed E-state index contributed by atoms with van der Waals surface area (Å²) in [6.07, 6.45) is 0. The largest absolute Gasteiger partial charge is 0.545 e. The minimum Gasteiger partial charge on any atom is -0.545 e. The van der Waals surface area contributed by atoms with Crippen molar-refractivity contribution < 1.29 is 28.9 Å². The Morgan fingerprint density at radius 3 is 2.28 bits per heavy atom. The molecule has 7 heteroatoms. The molecule has 2 rings (SSSR count). The third-order valence-electron chi connectivity index (χ3n) is 3.47. The molecule has 7 nitrogen and oxygen atoms in total. The summed E-state index contributed by atoms with van der Waals surface area (Å²) in [6, 6.07) is 9.84. The fraction of sp³-hybridized carbons (Fsp3) is 0.222. The topological polar surface area (TPSA) is 96.9 Å². The van der Waals surface area contributed by atoms with Gasteiger partial charge in [0.1, 0.15) is 5.75 Å². The number of nitrogens with one attached hydrogen (secondary N) is 1. The Hall–Kier alpha value is -3.22. The van der Waals surface area contributed by atoms with Gasteiger partial charge in [-0.3, -0.25) is 4.79 Å². The number of carboxylic acids is 1. The lowest BCUT2D eigenvalue weighted by atomic mass is 10.1. The molecule has 0 aliphatic heterocycles. The number of aromatic carboxylic acids is 1. The summed E-state index contributed by atoms with van der Waals surface area (Å²) >= 11 is 0. The number of para-hydroxylation sites is 1. The number of benzene rings is 2. The van der Waals surface area contributed by atoms with E-state index in [4.69, 9.17) is 14.2 Å². The van der Waals surface area contributed by atoms with Crippen LogP contribution in [-0.4, -0.2) is 32.7 Å². The van der Waals surface area contributed by atoms with Crippen LogP contribution >= 0.6 is 0 Å². The number of anilines is 1. The monoisotopic (exact) mass is 344 g/mol. The zero-order valence-corrected chi connectivity index (χ0v) is 14.1. The van der Waals surface area contributed by atoms with E-state index in [9.17, 15) is 14.7 Å². The molecule has 1 amide bonds. The quantitative estimate of drug-likeness (QED) is 0.815. The van der Waals surface area contributed by atoms with E-state index in [1.54, 1.807) is 12.1 Å². The third kappa shape index (κ3) is 4.41. The highest BCUT2D eigenvalue weighted by atomic mass is 16.5. The molecule has 25 heavy (non-hydrogen) atoms. The van der Waals surface area contributed by atoms with Crippen LogP contribution in [0.2, 0.25) is 0 Å². The Kier molecular flexibility index (Phi) is 5.84. The fourth-order valence-electron chi connectivity index (χ4n) is 2.20. The summed E-state index contributed by atoms with van der Waals surface area (Å²) in [4.78, 5) is 23.4. The van der Waals surface area contributed by atoms with E-state index >= 15 is 0 Å². The fourth-order valence-corrected chi connectivity index (χ4v) is 2.20. The van der Waals surface area contributed by atoms with Crippen molar-refractivity contribution >= 4 is 17.6 Å². The number of carbonyl (C=O) groups is 2. The lowest BCUT2D eigenvalue weighted by molar-refractivity contribution is -0.254. The van der Waals surface area contributed by atoms with Crippen LogP contribution in [0.25, 0.3) is 0 Å². The van der Waals surface area contributed by atoms with E-state index in [1.807, 2.05) is 19.1 Å². The predicted octanol–water partition coefficient (Wildman–Crippen LogP) is 1.39. The van der Waals surface area contributed by atoms with Crippen molar-refractivity contribution in [2.75, 3.05) is 26.1 Å². The number of methoxy groups -OCH3 is 2. The molecular formula is C18H18NO6-. The van der Waals surface area contributed by atoms with Gasteiger partial charge in [-0.15, -0.1) is 0 Å². The molecule has 0 unspecified atom stereocenters. The molecule has 0 bridgehead atoms. The predicted molar refractivity (Wildman–Crippen MR) is 89.2 cm³/mol. The Bertz CT molecular complexity index is 787. The van der Waals surface area contributed by atoms with Gasteiger partial charge in [0.15, 0.2) is 18.1 Å². The lowest BCUT2D eigenvalue weighted by Crippen LogP contribution is -2.26. The van der Waals surface area contributed by atoms with Gasteiger partial charge >= 0.3 is 0 Å². The molecule has 0 atom stereocenters. The third-order valence-corrected chi connectivity index (χ3v) is 3.47. The Labute approximate surface area is 145 Å². The first-order valence-corrected chi connectivity index (χ1v) is 7.42. The smallest absolute Gasteiger partial charge is 0.262 e. The highest BCUT2D eigenvalue weighted by Gasteiger charge is 2.14. The number of rotatable bonds is 7. The standard InChI is InChI=1S/C18H19NO6/c1-11-6-4-5-7-14(11)25-10-17(20)19-13-9-16(24-3)15(23-2)8-12(13)18(21)22/h4-9H,10H2,1-3H3,(H,19,20)(H,21,22)/p-1. The van der Waals surface area contributed by atoms with Gasteiger partial charge in [-0.25, -0.2) is 0 Å². The van der Waals surface area contributed by atoms with Crippen LogP contribution in [0.5, 0.6) is 17.2 Å². The average molecular weight is 344 g/mol. The second kappa shape index (κ2) is 8.05. The van der Waals surface area contributed by atoms with E-state index in [0.29, 0.717) is 5.75 Å². The summed E-state index contributed by atoms with van der Waals surface area (Å²) < 4.78 is 15.6. The summed E-state index contributed by atoms with van der Waals surface area (Å²) in [7, 11) is 2.79. The van der Waals surface area contributed by atoms with E-state index in [2.05, 4.69) is 5.32 Å². The van der Waals surface area contributed by atoms with Crippen molar-refractivity contribution in [2.45, 2.75) is 6.92 Å². The van der Waals surface area contributed by atoms with E-state index in [0.717, 1.165) is 5.56 Å². The summed E-state index contributed by atoms with van der Waals surface area (Å²) in [5.41, 5.74) is 0.703. The van der Waals surface area contributed by atoms with Gasteiger partial charge in [0, 0.05) is 11.6 Å². The van der Waals surface area contributed by atoms with Gasteiger partial charge < -0.3 is 29.4 Å². The second-order valence-electron chi connectivity index (χ2n) is 5.14. The highest BCUT2D eigenvalue weighted by Crippen LogP contribution is 2.33. The zero-order chi connectivity index (χ0) is 18.4. The molecule has 2 aromatic carbocycles. The van der Waals surface area contributed by atoms with Crippen LogP contribution in [-0.2, 0) is 4.79 Å². The molecule has 0 aliphatic rings. The Balaban J connectivity index is 2.16. The first-order chi connectivity index (χ1) is 12.0. The van der Waals surface area contributed by atoms with Crippen molar-refractivity contribution in [1.82, 2.24) is 0 Å². The molecule has 0 heterocycles. The van der Waals surface area contributed by atoms with Crippen LogP contribution in [0.15, 0.2) is 36.4 Å². The zero-order valence-electron chi connectivity index (χ0n) is 14.1. The van der Waals surface area contributed by atoms with Gasteiger partial charge in [0.25, 0.3) is 5.91 Å². The van der Waals surface area contributed by atoms with Crippen molar-refractivity contribution in [3.05, 3.63) is 47.5 Å². The molecule has 0 aliphatic carbocycles. The summed E-state index contributed by atoms with van der Waals surface area (Å²) in [5, 5.41) is 13.8. The SMILES string of the molecule is COc1cc(NC(=O)COc2ccccc2C)c(C(=O)[O-])cc1OC. The van der Waals surface area contributed by atoms with Crippen LogP contribution in [0.4, 0.5) is 5.69 Å². The number of carbonyl (C=O) groups excluding carboxylic acids is 2. The highest BCUT2D eigenvalue weighted by molar-refractivity contribution is 6.01. The van der Waals surface area contributed by atoms with Gasteiger partial charge in [-0.05, 0) is 24.6 Å². The Morgan fingerprint density at radius 1 is 1.04 bits per heavy atom. The molecular weight excluding hydrogens is 326 g/mol. The summed E-state index contributed by atoms with van der Waals surface area (Å²) in [6.45, 7) is 1.58. The molecule has 0 aromatic heterocycles. The molecule has 0 spiro atoms. The number of hydrogen-bond donors (Lipinski definition) is 1. The number of carboxylic acid groups (broad SMARTS) is 1. The first kappa shape index (κ1) is 18.1. The normalized spacial score (nSPS) is 10.0. The van der Waals surface area contributed by atoms with E-state index < -0.39 is 11.9 Å². The molecule has 2 aromatic rings. The molecule has 1 N–H and O–H groups in total. The number of amides is 1. The number of ether oxygens (including phenoxy) is 3. The van der Waals surface area contributed by atoms with Gasteiger partial charge in [0.05, 0.1) is 25.9 Å². The van der Waals surface area contributed by atoms with Crippen molar-refractivity contribution in [1.29, 1.82) is 0 Å². The maximum Gasteiger partial charge on any atom is 0.262 e. The molecule has 132 valence electrons. The maximum absolute atomic E-state index is 12.1. The minimum atomic E-state index is -1.45. The maximum atomic E-state index is 12.1. The van der Waals surface area contributed by atoms with Crippen LogP contribution in [0.1, 0.15) is 15.9 Å². The molecule has 0 saturated heterocycles. The first-order valence-electron chi connectivity index (χ1n) is 7.42. The van der Waals surface area contributed by atoms with Gasteiger partial charge in [0.2, 0.25) is 0 Å². The Morgan fingerprint density at radius 2 is 1.68 bits per heavy atom.